The summed E-state index contributed by atoms with van der Waals surface area (Å²) in [7, 11) is 0. The molecule has 0 saturated carbocycles. The Morgan fingerprint density at radius 1 is 0.808 bits per heavy atom. The molecule has 3 aromatic carbocycles. The maximum absolute atomic E-state index is 8.22. The Hall–Kier alpha value is -2.82. The maximum atomic E-state index is 8.22. The number of benzene rings is 3. The van der Waals surface area contributed by atoms with Gasteiger partial charge in [0.15, 0.2) is 11.6 Å². The molecule has 0 fully saturated rings. The SMILES string of the molecule is [2H]c1c([2H])c([2H])c(-c2nc(Cl)nc(-c3cccc4sc5ccccc5c34)n2)c([2H])c1[2H]. The topological polar surface area (TPSA) is 38.7 Å². The van der Waals surface area contributed by atoms with Gasteiger partial charge in [-0.1, -0.05) is 60.5 Å². The molecule has 0 saturated heterocycles. The normalized spacial score (nSPS) is 14.0. The van der Waals surface area contributed by atoms with E-state index in [1.165, 1.54) is 0 Å². The van der Waals surface area contributed by atoms with Crippen LogP contribution in [0.1, 0.15) is 6.85 Å². The lowest BCUT2D eigenvalue weighted by Gasteiger charge is -2.06. The molecule has 26 heavy (non-hydrogen) atoms. The fraction of sp³-hybridized carbons (Fsp3) is 0. The van der Waals surface area contributed by atoms with Crippen LogP contribution in [0.5, 0.6) is 0 Å². The van der Waals surface area contributed by atoms with Crippen LogP contribution in [0.25, 0.3) is 42.9 Å². The summed E-state index contributed by atoms with van der Waals surface area (Å²) >= 11 is 7.85. The first-order chi connectivity index (χ1) is 14.9. The third-order valence-corrected chi connectivity index (χ3v) is 5.28. The summed E-state index contributed by atoms with van der Waals surface area (Å²) < 4.78 is 42.3. The van der Waals surface area contributed by atoms with Gasteiger partial charge < -0.3 is 0 Å². The summed E-state index contributed by atoms with van der Waals surface area (Å²) in [6.07, 6.45) is 0. The van der Waals surface area contributed by atoms with E-state index in [0.717, 1.165) is 25.7 Å². The van der Waals surface area contributed by atoms with E-state index >= 15 is 0 Å². The summed E-state index contributed by atoms with van der Waals surface area (Å²) in [4.78, 5) is 12.8. The average molecular weight is 379 g/mol. The Morgan fingerprint density at radius 3 is 2.46 bits per heavy atom. The van der Waals surface area contributed by atoms with Gasteiger partial charge in [-0.15, -0.1) is 11.3 Å². The lowest BCUT2D eigenvalue weighted by molar-refractivity contribution is 1.07. The van der Waals surface area contributed by atoms with Crippen LogP contribution in [0, 0.1) is 0 Å². The van der Waals surface area contributed by atoms with Crippen LogP contribution in [0.3, 0.4) is 0 Å². The van der Waals surface area contributed by atoms with Crippen molar-refractivity contribution in [2.24, 2.45) is 0 Å². The molecule has 124 valence electrons. The molecule has 0 aliphatic carbocycles. The number of aromatic nitrogens is 3. The third-order valence-electron chi connectivity index (χ3n) is 3.98. The lowest BCUT2D eigenvalue weighted by Crippen LogP contribution is -1.97. The van der Waals surface area contributed by atoms with E-state index < -0.39 is 30.2 Å². The predicted octanol–water partition coefficient (Wildman–Crippen LogP) is 6.23. The van der Waals surface area contributed by atoms with Gasteiger partial charge in [0.25, 0.3) is 0 Å². The molecule has 0 N–H and O–H groups in total. The molecule has 5 heteroatoms. The van der Waals surface area contributed by atoms with Gasteiger partial charge in [0.1, 0.15) is 0 Å². The van der Waals surface area contributed by atoms with E-state index in [4.69, 9.17) is 18.5 Å². The Balaban J connectivity index is 1.81. The number of thiophene rings is 1. The van der Waals surface area contributed by atoms with Gasteiger partial charge in [0.05, 0.1) is 6.85 Å². The number of rotatable bonds is 2. The van der Waals surface area contributed by atoms with Crippen molar-refractivity contribution in [3.8, 4) is 22.8 Å². The molecule has 0 radical (unpaired) electrons. The Labute approximate surface area is 166 Å². The van der Waals surface area contributed by atoms with E-state index in [2.05, 4.69) is 15.0 Å². The number of hydrogen-bond acceptors (Lipinski definition) is 4. The highest BCUT2D eigenvalue weighted by atomic mass is 35.5. The van der Waals surface area contributed by atoms with Crippen molar-refractivity contribution < 1.29 is 6.85 Å². The first-order valence-electron chi connectivity index (χ1n) is 10.3. The molecule has 3 nitrogen and oxygen atoms in total. The van der Waals surface area contributed by atoms with E-state index in [1.807, 2.05) is 42.5 Å². The predicted molar refractivity (Wildman–Crippen MR) is 109 cm³/mol. The summed E-state index contributed by atoms with van der Waals surface area (Å²) in [5, 5.41) is 1.90. The smallest absolute Gasteiger partial charge is 0.208 e. The molecule has 0 amide bonds. The van der Waals surface area contributed by atoms with E-state index in [1.54, 1.807) is 11.3 Å². The Morgan fingerprint density at radius 2 is 1.58 bits per heavy atom. The van der Waals surface area contributed by atoms with Crippen molar-refractivity contribution in [3.05, 3.63) is 78.0 Å². The largest absolute Gasteiger partial charge is 0.226 e. The molecule has 2 aromatic heterocycles. The molecule has 2 heterocycles. The summed E-state index contributed by atoms with van der Waals surface area (Å²) in [6, 6.07) is 11.6. The van der Waals surface area contributed by atoms with Gasteiger partial charge in [-0.25, -0.2) is 4.98 Å². The molecular formula is C21H12ClN3S. The van der Waals surface area contributed by atoms with Crippen molar-refractivity contribution in [1.82, 2.24) is 15.0 Å². The monoisotopic (exact) mass is 378 g/mol. The van der Waals surface area contributed by atoms with Crippen LogP contribution in [-0.4, -0.2) is 15.0 Å². The highest BCUT2D eigenvalue weighted by molar-refractivity contribution is 7.25. The molecule has 0 aliphatic rings. The van der Waals surface area contributed by atoms with Crippen molar-refractivity contribution >= 4 is 43.1 Å². The molecule has 5 rings (SSSR count). The van der Waals surface area contributed by atoms with Gasteiger partial charge in [0, 0.05) is 31.3 Å². The second-order valence-corrected chi connectivity index (χ2v) is 6.95. The van der Waals surface area contributed by atoms with Gasteiger partial charge in [-0.3, -0.25) is 0 Å². The zero-order valence-electron chi connectivity index (χ0n) is 18.2. The molecule has 0 spiro atoms. The van der Waals surface area contributed by atoms with E-state index in [-0.39, 0.29) is 22.5 Å². The second kappa shape index (κ2) is 6.16. The van der Waals surface area contributed by atoms with Crippen LogP contribution in [0.2, 0.25) is 5.28 Å². The zero-order valence-corrected chi connectivity index (χ0v) is 14.7. The molecule has 0 unspecified atom stereocenters. The first-order valence-corrected chi connectivity index (χ1v) is 8.95. The highest BCUT2D eigenvalue weighted by Gasteiger charge is 2.15. The highest BCUT2D eigenvalue weighted by Crippen LogP contribution is 2.39. The van der Waals surface area contributed by atoms with Crippen molar-refractivity contribution in [2.45, 2.75) is 0 Å². The quantitative estimate of drug-likeness (QED) is 0.365. The zero-order chi connectivity index (χ0) is 21.9. The molecule has 0 aliphatic heterocycles. The fourth-order valence-corrected chi connectivity index (χ4v) is 4.20. The number of fused-ring (bicyclic) bond motifs is 3. The molecule has 5 aromatic rings. The second-order valence-electron chi connectivity index (χ2n) is 5.53. The summed E-state index contributed by atoms with van der Waals surface area (Å²) in [5.74, 6) is 0.208. The van der Waals surface area contributed by atoms with Crippen molar-refractivity contribution in [2.75, 3.05) is 0 Å². The number of nitrogens with zero attached hydrogens (tertiary/aromatic N) is 3. The number of hydrogen-bond donors (Lipinski definition) is 0. The standard InChI is InChI=1S/C21H12ClN3S/c22-21-24-19(13-7-2-1-3-8-13)23-20(25-21)15-10-6-12-17-18(15)14-9-4-5-11-16(14)26-17/h1-12H/i1D,2D,3D,7D,8D. The minimum atomic E-state index is -0.478. The third kappa shape index (κ3) is 2.55. The molecule has 0 atom stereocenters. The van der Waals surface area contributed by atoms with E-state index in [9.17, 15) is 0 Å². The number of halogens is 1. The van der Waals surface area contributed by atoms with Crippen molar-refractivity contribution in [3.63, 3.8) is 0 Å². The van der Waals surface area contributed by atoms with Crippen LogP contribution in [0.4, 0.5) is 0 Å². The summed E-state index contributed by atoms with van der Waals surface area (Å²) in [5.41, 5.74) is 0.617. The van der Waals surface area contributed by atoms with E-state index in [0.29, 0.717) is 0 Å². The van der Waals surface area contributed by atoms with Crippen LogP contribution in [-0.2, 0) is 0 Å². The van der Waals surface area contributed by atoms with Crippen LogP contribution >= 0.6 is 22.9 Å². The van der Waals surface area contributed by atoms with Gasteiger partial charge >= 0.3 is 0 Å². The first kappa shape index (κ1) is 11.0. The van der Waals surface area contributed by atoms with Gasteiger partial charge in [0.2, 0.25) is 5.28 Å². The average Bonchev–Trinajstić information content (AvgIpc) is 3.15. The van der Waals surface area contributed by atoms with Gasteiger partial charge in [-0.05, 0) is 23.7 Å². The molecule has 0 bridgehead atoms. The van der Waals surface area contributed by atoms with Crippen LogP contribution in [0.15, 0.2) is 72.7 Å². The Bertz CT molecular complexity index is 1490. The van der Waals surface area contributed by atoms with Crippen molar-refractivity contribution in [1.29, 1.82) is 0 Å². The maximum Gasteiger partial charge on any atom is 0.226 e. The Kier molecular flexibility index (Phi) is 2.61. The fourth-order valence-electron chi connectivity index (χ4n) is 2.91. The van der Waals surface area contributed by atoms with Gasteiger partial charge in [-0.2, -0.15) is 9.97 Å². The minimum absolute atomic E-state index is 0.0662. The van der Waals surface area contributed by atoms with Crippen LogP contribution < -0.4 is 0 Å². The molecular weight excluding hydrogens is 362 g/mol. The summed E-state index contributed by atoms with van der Waals surface area (Å²) in [6.45, 7) is 0. The minimum Gasteiger partial charge on any atom is -0.208 e. The lowest BCUT2D eigenvalue weighted by atomic mass is 10.1.